The van der Waals surface area contributed by atoms with Crippen molar-refractivity contribution in [2.45, 2.75) is 19.7 Å². The van der Waals surface area contributed by atoms with E-state index < -0.39 is 0 Å². The first kappa shape index (κ1) is 18.0. The molecule has 0 saturated carbocycles. The molecule has 1 aromatic rings. The molecule has 0 aliphatic heterocycles. The van der Waals surface area contributed by atoms with Gasteiger partial charge in [0.15, 0.2) is 0 Å². The van der Waals surface area contributed by atoms with Crippen molar-refractivity contribution >= 4 is 17.5 Å². The molecule has 21 heavy (non-hydrogen) atoms. The summed E-state index contributed by atoms with van der Waals surface area (Å²) >= 11 is 5.76. The standard InChI is InChI=1S/C16H24ClNO3/c1-3-20-11-9-18(10-12-21-4-2)16(19)15-7-5-14(13-17)6-8-15/h5-8H,3-4,9-13H2,1-2H3. The minimum Gasteiger partial charge on any atom is -0.380 e. The van der Waals surface area contributed by atoms with Gasteiger partial charge in [0, 0.05) is 37.7 Å². The Labute approximate surface area is 132 Å². The average molecular weight is 314 g/mol. The zero-order chi connectivity index (χ0) is 15.5. The molecule has 0 fully saturated rings. The summed E-state index contributed by atoms with van der Waals surface area (Å²) in [4.78, 5) is 14.3. The van der Waals surface area contributed by atoms with Gasteiger partial charge in [0.2, 0.25) is 0 Å². The van der Waals surface area contributed by atoms with E-state index in [1.807, 2.05) is 38.1 Å². The van der Waals surface area contributed by atoms with Gasteiger partial charge in [0.05, 0.1) is 13.2 Å². The van der Waals surface area contributed by atoms with E-state index in [1.165, 1.54) is 0 Å². The second-order valence-corrected chi connectivity index (χ2v) is 4.78. The van der Waals surface area contributed by atoms with Crippen molar-refractivity contribution in [1.29, 1.82) is 0 Å². The highest BCUT2D eigenvalue weighted by Crippen LogP contribution is 2.09. The van der Waals surface area contributed by atoms with E-state index in [1.54, 1.807) is 4.90 Å². The van der Waals surface area contributed by atoms with E-state index in [0.717, 1.165) is 5.56 Å². The lowest BCUT2D eigenvalue weighted by Gasteiger charge is -2.22. The molecule has 1 amide bonds. The van der Waals surface area contributed by atoms with Crippen LogP contribution in [0.5, 0.6) is 0 Å². The Balaban J connectivity index is 2.66. The fraction of sp³-hybridized carbons (Fsp3) is 0.562. The smallest absolute Gasteiger partial charge is 0.254 e. The second kappa shape index (κ2) is 10.6. The topological polar surface area (TPSA) is 38.8 Å². The van der Waals surface area contributed by atoms with Crippen molar-refractivity contribution in [3.05, 3.63) is 35.4 Å². The minimum absolute atomic E-state index is 0.00414. The number of carbonyl (C=O) groups excluding carboxylic acids is 1. The lowest BCUT2D eigenvalue weighted by atomic mass is 10.1. The van der Waals surface area contributed by atoms with Gasteiger partial charge in [-0.1, -0.05) is 12.1 Å². The van der Waals surface area contributed by atoms with Gasteiger partial charge in [-0.05, 0) is 31.5 Å². The van der Waals surface area contributed by atoms with E-state index >= 15 is 0 Å². The summed E-state index contributed by atoms with van der Waals surface area (Å²) in [6.07, 6.45) is 0. The normalized spacial score (nSPS) is 10.6. The maximum atomic E-state index is 12.5. The third kappa shape index (κ3) is 6.46. The summed E-state index contributed by atoms with van der Waals surface area (Å²) in [5.41, 5.74) is 1.67. The molecule has 0 aromatic heterocycles. The van der Waals surface area contributed by atoms with E-state index in [2.05, 4.69) is 0 Å². The summed E-state index contributed by atoms with van der Waals surface area (Å²) in [5, 5.41) is 0. The molecule has 0 saturated heterocycles. The monoisotopic (exact) mass is 313 g/mol. The van der Waals surface area contributed by atoms with E-state index in [-0.39, 0.29) is 5.91 Å². The molecule has 0 bridgehead atoms. The van der Waals surface area contributed by atoms with Gasteiger partial charge in [-0.25, -0.2) is 0 Å². The highest BCUT2D eigenvalue weighted by molar-refractivity contribution is 6.17. The van der Waals surface area contributed by atoms with Gasteiger partial charge in [-0.15, -0.1) is 11.6 Å². The molecule has 0 unspecified atom stereocenters. The fourth-order valence-electron chi connectivity index (χ4n) is 1.87. The van der Waals surface area contributed by atoms with Crippen molar-refractivity contribution in [3.63, 3.8) is 0 Å². The van der Waals surface area contributed by atoms with Crippen LogP contribution in [-0.4, -0.2) is 50.3 Å². The Morgan fingerprint density at radius 1 is 1.05 bits per heavy atom. The average Bonchev–Trinajstić information content (AvgIpc) is 2.53. The number of nitrogens with zero attached hydrogens (tertiary/aromatic N) is 1. The second-order valence-electron chi connectivity index (χ2n) is 4.52. The lowest BCUT2D eigenvalue weighted by Crippen LogP contribution is -2.36. The highest BCUT2D eigenvalue weighted by atomic mass is 35.5. The molecule has 0 aliphatic carbocycles. The summed E-state index contributed by atoms with van der Waals surface area (Å²) in [6.45, 7) is 7.39. The van der Waals surface area contributed by atoms with Crippen LogP contribution in [0, 0.1) is 0 Å². The number of carbonyl (C=O) groups is 1. The Morgan fingerprint density at radius 3 is 2.00 bits per heavy atom. The Kier molecular flexibility index (Phi) is 9.06. The van der Waals surface area contributed by atoms with Crippen LogP contribution in [0.2, 0.25) is 0 Å². The van der Waals surface area contributed by atoms with Crippen LogP contribution in [0.4, 0.5) is 0 Å². The predicted octanol–water partition coefficient (Wildman–Crippen LogP) is 2.94. The predicted molar refractivity (Wildman–Crippen MR) is 84.9 cm³/mol. The van der Waals surface area contributed by atoms with Crippen LogP contribution in [-0.2, 0) is 15.4 Å². The van der Waals surface area contributed by atoms with Crippen LogP contribution in [0.1, 0.15) is 29.8 Å². The van der Waals surface area contributed by atoms with E-state index in [4.69, 9.17) is 21.1 Å². The largest absolute Gasteiger partial charge is 0.380 e. The zero-order valence-corrected chi connectivity index (χ0v) is 13.6. The minimum atomic E-state index is -0.00414. The number of hydrogen-bond acceptors (Lipinski definition) is 3. The number of rotatable bonds is 10. The molecule has 1 aromatic carbocycles. The van der Waals surface area contributed by atoms with Gasteiger partial charge in [0.1, 0.15) is 0 Å². The summed E-state index contributed by atoms with van der Waals surface area (Å²) in [7, 11) is 0. The quantitative estimate of drug-likeness (QED) is 0.492. The van der Waals surface area contributed by atoms with Crippen LogP contribution in [0.15, 0.2) is 24.3 Å². The van der Waals surface area contributed by atoms with Crippen molar-refractivity contribution in [1.82, 2.24) is 4.90 Å². The summed E-state index contributed by atoms with van der Waals surface area (Å²) in [6, 6.07) is 7.38. The first-order chi connectivity index (χ1) is 10.2. The molecule has 0 radical (unpaired) electrons. The highest BCUT2D eigenvalue weighted by Gasteiger charge is 2.15. The van der Waals surface area contributed by atoms with Gasteiger partial charge in [0.25, 0.3) is 5.91 Å². The van der Waals surface area contributed by atoms with Crippen LogP contribution < -0.4 is 0 Å². The third-order valence-corrected chi connectivity index (χ3v) is 3.37. The first-order valence-electron chi connectivity index (χ1n) is 7.32. The number of benzene rings is 1. The first-order valence-corrected chi connectivity index (χ1v) is 7.86. The Bertz CT molecular complexity index is 398. The van der Waals surface area contributed by atoms with Crippen molar-refractivity contribution in [3.8, 4) is 0 Å². The number of alkyl halides is 1. The van der Waals surface area contributed by atoms with Crippen LogP contribution >= 0.6 is 11.6 Å². The fourth-order valence-corrected chi connectivity index (χ4v) is 2.05. The van der Waals surface area contributed by atoms with Gasteiger partial charge in [-0.3, -0.25) is 4.79 Å². The molecule has 0 atom stereocenters. The zero-order valence-electron chi connectivity index (χ0n) is 12.8. The van der Waals surface area contributed by atoms with Gasteiger partial charge in [-0.2, -0.15) is 0 Å². The Morgan fingerprint density at radius 2 is 1.57 bits per heavy atom. The Hall–Kier alpha value is -1.10. The SMILES string of the molecule is CCOCCN(CCOCC)C(=O)c1ccc(CCl)cc1. The maximum Gasteiger partial charge on any atom is 0.254 e. The summed E-state index contributed by atoms with van der Waals surface area (Å²) < 4.78 is 10.7. The molecular formula is C16H24ClNO3. The van der Waals surface area contributed by atoms with Gasteiger partial charge >= 0.3 is 0 Å². The van der Waals surface area contributed by atoms with E-state index in [0.29, 0.717) is 51.0 Å². The van der Waals surface area contributed by atoms with Crippen LogP contribution in [0.25, 0.3) is 0 Å². The van der Waals surface area contributed by atoms with Crippen LogP contribution in [0.3, 0.4) is 0 Å². The molecule has 118 valence electrons. The molecule has 5 heteroatoms. The van der Waals surface area contributed by atoms with Crippen molar-refractivity contribution in [2.24, 2.45) is 0 Å². The molecule has 0 spiro atoms. The molecule has 0 heterocycles. The number of hydrogen-bond donors (Lipinski definition) is 0. The van der Waals surface area contributed by atoms with Crippen molar-refractivity contribution in [2.75, 3.05) is 39.5 Å². The molecule has 1 rings (SSSR count). The molecular weight excluding hydrogens is 290 g/mol. The van der Waals surface area contributed by atoms with E-state index in [9.17, 15) is 4.79 Å². The summed E-state index contributed by atoms with van der Waals surface area (Å²) in [5.74, 6) is 0.447. The molecule has 0 N–H and O–H groups in total. The number of halogens is 1. The maximum absolute atomic E-state index is 12.5. The number of ether oxygens (including phenoxy) is 2. The lowest BCUT2D eigenvalue weighted by molar-refractivity contribution is 0.0550. The van der Waals surface area contributed by atoms with Gasteiger partial charge < -0.3 is 14.4 Å². The molecule has 0 aliphatic rings. The van der Waals surface area contributed by atoms with Crippen molar-refractivity contribution < 1.29 is 14.3 Å². The molecule has 4 nitrogen and oxygen atoms in total. The number of amides is 1. The third-order valence-electron chi connectivity index (χ3n) is 3.06.